The van der Waals surface area contributed by atoms with E-state index in [2.05, 4.69) is 0 Å². The first-order chi connectivity index (χ1) is 9.84. The van der Waals surface area contributed by atoms with Gasteiger partial charge in [-0.15, -0.1) is 0 Å². The monoisotopic (exact) mass is 324 g/mol. The number of carbonyl (C=O) groups is 4. The van der Waals surface area contributed by atoms with Gasteiger partial charge in [0.15, 0.2) is 23.1 Å². The Kier molecular flexibility index (Phi) is 6.84. The first kappa shape index (κ1) is 17.7. The summed E-state index contributed by atoms with van der Waals surface area (Å²) in [7, 11) is 1.95. The van der Waals surface area contributed by atoms with Crippen LogP contribution in [0.5, 0.6) is 0 Å². The Balaban J connectivity index is 2.84. The molecule has 6 heteroatoms. The van der Waals surface area contributed by atoms with Crippen LogP contribution in [0.1, 0.15) is 31.1 Å². The molecular formula is C15H16O4S2. The van der Waals surface area contributed by atoms with Crippen molar-refractivity contribution in [3.63, 3.8) is 0 Å². The molecule has 0 heterocycles. The van der Waals surface area contributed by atoms with E-state index in [9.17, 15) is 19.2 Å². The van der Waals surface area contributed by atoms with E-state index in [4.69, 9.17) is 0 Å². The van der Waals surface area contributed by atoms with Crippen LogP contribution in [-0.2, 0) is 14.4 Å². The lowest BCUT2D eigenvalue weighted by Gasteiger charge is -2.14. The summed E-state index contributed by atoms with van der Waals surface area (Å²) in [5.74, 6) is -1.18. The van der Waals surface area contributed by atoms with Gasteiger partial charge >= 0.3 is 0 Å². The van der Waals surface area contributed by atoms with Crippen molar-refractivity contribution in [1.29, 1.82) is 0 Å². The maximum atomic E-state index is 12.3. The summed E-state index contributed by atoms with van der Waals surface area (Å²) in [5, 5.41) is -1.76. The Labute approximate surface area is 131 Å². The van der Waals surface area contributed by atoms with Gasteiger partial charge < -0.3 is 0 Å². The van der Waals surface area contributed by atoms with Gasteiger partial charge in [0.1, 0.15) is 10.5 Å². The number of hydrogen-bond acceptors (Lipinski definition) is 6. The van der Waals surface area contributed by atoms with Gasteiger partial charge in [-0.1, -0.05) is 51.9 Å². The molecule has 0 N–H and O–H groups in total. The van der Waals surface area contributed by atoms with Crippen LogP contribution in [0.25, 0.3) is 0 Å². The Bertz CT molecular complexity index is 540. The molecular weight excluding hydrogens is 308 g/mol. The van der Waals surface area contributed by atoms with E-state index in [0.717, 1.165) is 21.6 Å². The molecule has 0 fully saturated rings. The van der Waals surface area contributed by atoms with Crippen molar-refractivity contribution < 1.29 is 19.2 Å². The number of carbonyl (C=O) groups excluding carboxylic acids is 4. The predicted octanol–water partition coefficient (Wildman–Crippen LogP) is 2.75. The molecule has 1 aromatic rings. The predicted molar refractivity (Wildman–Crippen MR) is 85.6 cm³/mol. The number of ketones is 4. The number of benzene rings is 1. The summed E-state index contributed by atoms with van der Waals surface area (Å²) < 4.78 is 0. The van der Waals surface area contributed by atoms with Gasteiger partial charge in [0.05, 0.1) is 0 Å². The molecule has 21 heavy (non-hydrogen) atoms. The minimum Gasteiger partial charge on any atom is -0.298 e. The maximum Gasteiger partial charge on any atom is 0.184 e. The van der Waals surface area contributed by atoms with Crippen LogP contribution in [0.15, 0.2) is 30.3 Å². The summed E-state index contributed by atoms with van der Waals surface area (Å²) in [5.41, 5.74) is 0.438. The normalized spacial score (nSPS) is 12.0. The number of Topliss-reactive ketones (excluding diaryl/α,β-unsaturated/α-hetero) is 4. The first-order valence-electron chi connectivity index (χ1n) is 6.27. The van der Waals surface area contributed by atoms with E-state index >= 15 is 0 Å². The quantitative estimate of drug-likeness (QED) is 0.416. The zero-order valence-corrected chi connectivity index (χ0v) is 13.6. The molecule has 0 aromatic heterocycles. The molecule has 1 aromatic carbocycles. The fraction of sp³-hybridized carbons (Fsp3) is 0.333. The van der Waals surface area contributed by atoms with Crippen molar-refractivity contribution in [1.82, 2.24) is 0 Å². The van der Waals surface area contributed by atoms with E-state index in [1.807, 2.05) is 0 Å². The van der Waals surface area contributed by atoms with Gasteiger partial charge in [0, 0.05) is 5.56 Å². The molecule has 112 valence electrons. The minimum absolute atomic E-state index is 0.283. The molecule has 1 atom stereocenters. The Morgan fingerprint density at radius 1 is 0.762 bits per heavy atom. The van der Waals surface area contributed by atoms with Crippen LogP contribution < -0.4 is 0 Å². The standard InChI is InChI=1S/C15H16O4S2/c1-9(16)14(10(2)17)20-21-15(11(3)18)13(19)12-7-5-4-6-8-12/h4-8,14-15H,1-3H3. The third-order valence-corrected chi connectivity index (χ3v) is 5.85. The molecule has 0 amide bonds. The lowest BCUT2D eigenvalue weighted by Crippen LogP contribution is -2.27. The summed E-state index contributed by atoms with van der Waals surface area (Å²) in [6.07, 6.45) is 0. The second-order valence-electron chi connectivity index (χ2n) is 4.51. The highest BCUT2D eigenvalue weighted by atomic mass is 33.1. The highest BCUT2D eigenvalue weighted by Gasteiger charge is 2.29. The number of hydrogen-bond donors (Lipinski definition) is 0. The lowest BCUT2D eigenvalue weighted by molar-refractivity contribution is -0.124. The second-order valence-corrected chi connectivity index (χ2v) is 7.00. The van der Waals surface area contributed by atoms with Gasteiger partial charge in [0.25, 0.3) is 0 Å². The van der Waals surface area contributed by atoms with E-state index < -0.39 is 10.5 Å². The molecule has 0 spiro atoms. The summed E-state index contributed by atoms with van der Waals surface area (Å²) in [6, 6.07) is 8.49. The zero-order valence-electron chi connectivity index (χ0n) is 12.0. The van der Waals surface area contributed by atoms with Crippen molar-refractivity contribution >= 4 is 44.7 Å². The highest BCUT2D eigenvalue weighted by Crippen LogP contribution is 2.34. The molecule has 0 saturated heterocycles. The Hall–Kier alpha value is -1.40. The van der Waals surface area contributed by atoms with E-state index in [1.165, 1.54) is 20.8 Å². The van der Waals surface area contributed by atoms with Gasteiger partial charge in [-0.2, -0.15) is 0 Å². The van der Waals surface area contributed by atoms with Gasteiger partial charge in [-0.05, 0) is 20.8 Å². The minimum atomic E-state index is -0.918. The van der Waals surface area contributed by atoms with Crippen LogP contribution in [0.3, 0.4) is 0 Å². The fourth-order valence-corrected chi connectivity index (χ4v) is 4.58. The largest absolute Gasteiger partial charge is 0.298 e. The van der Waals surface area contributed by atoms with Crippen LogP contribution in [0, 0.1) is 0 Å². The third kappa shape index (κ3) is 5.13. The summed E-state index contributed by atoms with van der Waals surface area (Å²) in [4.78, 5) is 46.8. The van der Waals surface area contributed by atoms with Gasteiger partial charge in [-0.25, -0.2) is 0 Å². The van der Waals surface area contributed by atoms with Crippen molar-refractivity contribution in [2.24, 2.45) is 0 Å². The SMILES string of the molecule is CC(=O)C(SSC(C(C)=O)C(=O)c1ccccc1)C(C)=O. The Morgan fingerprint density at radius 3 is 1.62 bits per heavy atom. The molecule has 0 aliphatic carbocycles. The van der Waals surface area contributed by atoms with Gasteiger partial charge in [-0.3, -0.25) is 19.2 Å². The van der Waals surface area contributed by atoms with Crippen LogP contribution in [-0.4, -0.2) is 33.6 Å². The van der Waals surface area contributed by atoms with Crippen molar-refractivity contribution in [3.05, 3.63) is 35.9 Å². The average Bonchev–Trinajstić information content (AvgIpc) is 2.42. The van der Waals surface area contributed by atoms with Crippen LogP contribution >= 0.6 is 21.6 Å². The molecule has 0 saturated carbocycles. The van der Waals surface area contributed by atoms with Crippen LogP contribution in [0.2, 0.25) is 0 Å². The average molecular weight is 324 g/mol. The smallest absolute Gasteiger partial charge is 0.184 e. The van der Waals surface area contributed by atoms with Crippen LogP contribution in [0.4, 0.5) is 0 Å². The molecule has 4 nitrogen and oxygen atoms in total. The second kappa shape index (κ2) is 8.14. The summed E-state index contributed by atoms with van der Waals surface area (Å²) in [6.45, 7) is 3.97. The van der Waals surface area contributed by atoms with Crippen molar-refractivity contribution in [2.45, 2.75) is 31.3 Å². The third-order valence-electron chi connectivity index (χ3n) is 2.65. The molecule has 0 bridgehead atoms. The first-order valence-corrected chi connectivity index (χ1v) is 8.55. The van der Waals surface area contributed by atoms with E-state index in [-0.39, 0.29) is 23.1 Å². The van der Waals surface area contributed by atoms with Gasteiger partial charge in [0.2, 0.25) is 0 Å². The lowest BCUT2D eigenvalue weighted by atomic mass is 10.1. The topological polar surface area (TPSA) is 68.3 Å². The Morgan fingerprint density at radius 2 is 1.19 bits per heavy atom. The number of rotatable bonds is 8. The highest BCUT2D eigenvalue weighted by molar-refractivity contribution is 8.77. The zero-order chi connectivity index (χ0) is 16.0. The molecule has 1 unspecified atom stereocenters. The van der Waals surface area contributed by atoms with Crippen molar-refractivity contribution in [3.8, 4) is 0 Å². The molecule has 0 radical (unpaired) electrons. The van der Waals surface area contributed by atoms with E-state index in [1.54, 1.807) is 30.3 Å². The molecule has 1 rings (SSSR count). The maximum absolute atomic E-state index is 12.3. The van der Waals surface area contributed by atoms with E-state index in [0.29, 0.717) is 5.56 Å². The van der Waals surface area contributed by atoms with Crippen molar-refractivity contribution in [2.75, 3.05) is 0 Å². The molecule has 0 aliphatic rings. The summed E-state index contributed by atoms with van der Waals surface area (Å²) >= 11 is 0. The fourth-order valence-electron chi connectivity index (χ4n) is 1.58. The molecule has 0 aliphatic heterocycles.